The summed E-state index contributed by atoms with van der Waals surface area (Å²) in [4.78, 5) is 11.4. The highest BCUT2D eigenvalue weighted by Crippen LogP contribution is 2.37. The lowest BCUT2D eigenvalue weighted by molar-refractivity contribution is -0.135. The number of allylic oxidation sites excluding steroid dienone is 3. The molecule has 0 aromatic heterocycles. The summed E-state index contributed by atoms with van der Waals surface area (Å²) in [6.07, 6.45) is 8.59. The first-order valence-corrected chi connectivity index (χ1v) is 6.53. The second kappa shape index (κ2) is 4.67. The predicted molar refractivity (Wildman–Crippen MR) is 68.5 cm³/mol. The maximum absolute atomic E-state index is 11.4. The van der Waals surface area contributed by atoms with Crippen LogP contribution < -0.4 is 0 Å². The number of cyclic esters (lactones) is 1. The molecule has 1 aliphatic carbocycles. The summed E-state index contributed by atoms with van der Waals surface area (Å²) < 4.78 is 4.95. The Hall–Kier alpha value is -1.05. The fraction of sp³-hybridized carbons (Fsp3) is 0.667. The molecule has 0 spiro atoms. The van der Waals surface area contributed by atoms with Crippen molar-refractivity contribution in [3.8, 4) is 0 Å². The van der Waals surface area contributed by atoms with Gasteiger partial charge in [-0.2, -0.15) is 0 Å². The fourth-order valence-electron chi connectivity index (χ4n) is 2.58. The van der Waals surface area contributed by atoms with Gasteiger partial charge in [0.25, 0.3) is 0 Å². The Morgan fingerprint density at radius 3 is 2.59 bits per heavy atom. The van der Waals surface area contributed by atoms with Gasteiger partial charge >= 0.3 is 5.97 Å². The fourth-order valence-corrected chi connectivity index (χ4v) is 2.58. The predicted octanol–water partition coefficient (Wildman–Crippen LogP) is 3.63. The number of carbonyl (C=O) groups excluding carboxylic acids is 1. The van der Waals surface area contributed by atoms with Gasteiger partial charge in [0.05, 0.1) is 6.61 Å². The lowest BCUT2D eigenvalue weighted by Gasteiger charge is -2.32. The maximum Gasteiger partial charge on any atom is 0.334 e. The number of hydrogen-bond donors (Lipinski definition) is 0. The van der Waals surface area contributed by atoms with Gasteiger partial charge in [0, 0.05) is 12.0 Å². The number of rotatable bonds is 1. The van der Waals surface area contributed by atoms with Crippen LogP contribution in [0.2, 0.25) is 0 Å². The van der Waals surface area contributed by atoms with Gasteiger partial charge < -0.3 is 4.74 Å². The Morgan fingerprint density at radius 1 is 1.35 bits per heavy atom. The molecule has 2 aliphatic rings. The van der Waals surface area contributed by atoms with Crippen LogP contribution in [-0.2, 0) is 9.53 Å². The highest BCUT2D eigenvalue weighted by Gasteiger charge is 2.26. The average Bonchev–Trinajstić information content (AvgIpc) is 2.64. The molecule has 0 radical (unpaired) electrons. The minimum atomic E-state index is -0.121. The minimum absolute atomic E-state index is 0.121. The molecule has 0 amide bonds. The van der Waals surface area contributed by atoms with Crippen LogP contribution in [0.1, 0.15) is 46.5 Å². The summed E-state index contributed by atoms with van der Waals surface area (Å²) >= 11 is 0. The van der Waals surface area contributed by atoms with Gasteiger partial charge in [0.1, 0.15) is 0 Å². The van der Waals surface area contributed by atoms with Gasteiger partial charge in [0.15, 0.2) is 0 Å². The monoisotopic (exact) mass is 234 g/mol. The van der Waals surface area contributed by atoms with Crippen molar-refractivity contribution in [1.82, 2.24) is 0 Å². The zero-order chi connectivity index (χ0) is 12.5. The van der Waals surface area contributed by atoms with E-state index in [9.17, 15) is 4.79 Å². The van der Waals surface area contributed by atoms with E-state index in [4.69, 9.17) is 4.74 Å². The van der Waals surface area contributed by atoms with Crippen LogP contribution in [0.25, 0.3) is 0 Å². The standard InChI is InChI=1S/C15H22O2/c1-15(2,3)13-6-4-11(5-7-13)10-12-8-9-17-14(12)16/h4,10,13H,5-9H2,1-3H3/b12-10+. The second-order valence-corrected chi connectivity index (χ2v) is 6.17. The molecule has 1 unspecified atom stereocenters. The molecule has 2 heteroatoms. The van der Waals surface area contributed by atoms with Gasteiger partial charge in [-0.3, -0.25) is 0 Å². The van der Waals surface area contributed by atoms with Crippen molar-refractivity contribution in [2.24, 2.45) is 11.3 Å². The zero-order valence-electron chi connectivity index (χ0n) is 11.1. The number of esters is 1. The molecule has 0 aromatic carbocycles. The van der Waals surface area contributed by atoms with Gasteiger partial charge in [0.2, 0.25) is 0 Å². The molecule has 94 valence electrons. The van der Waals surface area contributed by atoms with Crippen LogP contribution in [0.15, 0.2) is 23.3 Å². The van der Waals surface area contributed by atoms with Crippen molar-refractivity contribution in [2.75, 3.05) is 6.61 Å². The SMILES string of the molecule is CC(C)(C)C1CC=C(/C=C2\CCOC2=O)CC1. The Labute approximate surface area is 104 Å². The molecule has 17 heavy (non-hydrogen) atoms. The van der Waals surface area contributed by atoms with Crippen LogP contribution in [0.3, 0.4) is 0 Å². The zero-order valence-corrected chi connectivity index (χ0v) is 11.1. The molecule has 0 saturated carbocycles. The molecular weight excluding hydrogens is 212 g/mol. The van der Waals surface area contributed by atoms with Crippen molar-refractivity contribution in [3.63, 3.8) is 0 Å². The Morgan fingerprint density at radius 2 is 2.12 bits per heavy atom. The topological polar surface area (TPSA) is 26.3 Å². The third-order valence-corrected chi connectivity index (χ3v) is 3.90. The third-order valence-electron chi connectivity index (χ3n) is 3.90. The van der Waals surface area contributed by atoms with E-state index in [-0.39, 0.29) is 5.97 Å². The first-order valence-electron chi connectivity index (χ1n) is 6.53. The molecule has 2 rings (SSSR count). The van der Waals surface area contributed by atoms with E-state index < -0.39 is 0 Å². The molecule has 1 fully saturated rings. The smallest absolute Gasteiger partial charge is 0.334 e. The van der Waals surface area contributed by atoms with Crippen LogP contribution >= 0.6 is 0 Å². The Balaban J connectivity index is 2.02. The van der Waals surface area contributed by atoms with E-state index in [0.29, 0.717) is 12.0 Å². The van der Waals surface area contributed by atoms with E-state index in [1.807, 2.05) is 6.08 Å². The highest BCUT2D eigenvalue weighted by atomic mass is 16.5. The summed E-state index contributed by atoms with van der Waals surface area (Å²) in [5.41, 5.74) is 2.56. The Kier molecular flexibility index (Phi) is 3.41. The summed E-state index contributed by atoms with van der Waals surface area (Å²) in [5, 5.41) is 0. The third kappa shape index (κ3) is 2.99. The second-order valence-electron chi connectivity index (χ2n) is 6.17. The highest BCUT2D eigenvalue weighted by molar-refractivity contribution is 5.90. The van der Waals surface area contributed by atoms with Crippen LogP contribution in [-0.4, -0.2) is 12.6 Å². The van der Waals surface area contributed by atoms with Gasteiger partial charge in [-0.25, -0.2) is 4.79 Å². The molecule has 0 N–H and O–H groups in total. The largest absolute Gasteiger partial charge is 0.462 e. The van der Waals surface area contributed by atoms with Crippen LogP contribution in [0.4, 0.5) is 0 Å². The van der Waals surface area contributed by atoms with Gasteiger partial charge in [-0.05, 0) is 36.7 Å². The van der Waals surface area contributed by atoms with Crippen molar-refractivity contribution >= 4 is 5.97 Å². The van der Waals surface area contributed by atoms with Crippen LogP contribution in [0, 0.1) is 11.3 Å². The van der Waals surface area contributed by atoms with E-state index in [1.165, 1.54) is 12.0 Å². The van der Waals surface area contributed by atoms with Gasteiger partial charge in [-0.1, -0.05) is 32.4 Å². The summed E-state index contributed by atoms with van der Waals surface area (Å²) in [6.45, 7) is 7.48. The molecule has 1 atom stereocenters. The lowest BCUT2D eigenvalue weighted by atomic mass is 9.73. The molecular formula is C15H22O2. The number of hydrogen-bond acceptors (Lipinski definition) is 2. The number of carbonyl (C=O) groups is 1. The molecule has 0 bridgehead atoms. The van der Waals surface area contributed by atoms with E-state index in [2.05, 4.69) is 26.8 Å². The lowest BCUT2D eigenvalue weighted by Crippen LogP contribution is -2.22. The first-order chi connectivity index (χ1) is 7.97. The van der Waals surface area contributed by atoms with Crippen molar-refractivity contribution in [2.45, 2.75) is 46.5 Å². The van der Waals surface area contributed by atoms with E-state index >= 15 is 0 Å². The first kappa shape index (κ1) is 12.4. The summed E-state index contributed by atoms with van der Waals surface area (Å²) in [7, 11) is 0. The summed E-state index contributed by atoms with van der Waals surface area (Å²) in [5.74, 6) is 0.643. The normalized spacial score (nSPS) is 28.2. The Bertz CT molecular complexity index is 369. The van der Waals surface area contributed by atoms with Gasteiger partial charge in [-0.15, -0.1) is 0 Å². The summed E-state index contributed by atoms with van der Waals surface area (Å²) in [6, 6.07) is 0. The van der Waals surface area contributed by atoms with Crippen LogP contribution in [0.5, 0.6) is 0 Å². The van der Waals surface area contributed by atoms with Crippen molar-refractivity contribution in [3.05, 3.63) is 23.3 Å². The molecule has 1 aliphatic heterocycles. The van der Waals surface area contributed by atoms with Crippen molar-refractivity contribution < 1.29 is 9.53 Å². The average molecular weight is 234 g/mol. The molecule has 1 heterocycles. The van der Waals surface area contributed by atoms with E-state index in [0.717, 1.165) is 30.8 Å². The number of ether oxygens (including phenoxy) is 1. The van der Waals surface area contributed by atoms with E-state index in [1.54, 1.807) is 0 Å². The molecule has 1 saturated heterocycles. The van der Waals surface area contributed by atoms with Crippen molar-refractivity contribution in [1.29, 1.82) is 0 Å². The quantitative estimate of drug-likeness (QED) is 0.511. The maximum atomic E-state index is 11.4. The molecule has 2 nitrogen and oxygen atoms in total. The minimum Gasteiger partial charge on any atom is -0.462 e. The molecule has 0 aromatic rings.